The monoisotopic (exact) mass is 231 g/mol. The quantitative estimate of drug-likeness (QED) is 0.808. The molecule has 0 bridgehead atoms. The lowest BCUT2D eigenvalue weighted by molar-refractivity contribution is 0.988. The van der Waals surface area contributed by atoms with E-state index in [1.807, 2.05) is 19.1 Å². The Kier molecular flexibility index (Phi) is 3.10. The Morgan fingerprint density at radius 3 is 2.81 bits per heavy atom. The van der Waals surface area contributed by atoms with E-state index in [0.29, 0.717) is 4.64 Å². The predicted molar refractivity (Wildman–Crippen MR) is 66.8 cm³/mol. The zero-order valence-electron chi connectivity index (χ0n) is 9.32. The highest BCUT2D eigenvalue weighted by Crippen LogP contribution is 2.16. The highest BCUT2D eigenvalue weighted by atomic mass is 32.1. The molecule has 82 valence electrons. The Labute approximate surface area is 99.6 Å². The van der Waals surface area contributed by atoms with Crippen LogP contribution in [0.25, 0.3) is 11.4 Å². The van der Waals surface area contributed by atoms with Gasteiger partial charge in [0.1, 0.15) is 10.5 Å². The Morgan fingerprint density at radius 2 is 2.25 bits per heavy atom. The molecule has 0 atom stereocenters. The average molecular weight is 231 g/mol. The molecule has 0 unspecified atom stereocenters. The Balaban J connectivity index is 2.57. The van der Waals surface area contributed by atoms with Crippen molar-refractivity contribution in [3.63, 3.8) is 0 Å². The molecule has 2 heterocycles. The average Bonchev–Trinajstić information content (AvgIpc) is 2.30. The van der Waals surface area contributed by atoms with Crippen molar-refractivity contribution in [3.8, 4) is 11.4 Å². The maximum Gasteiger partial charge on any atom is 0.140 e. The maximum atomic E-state index is 5.27. The summed E-state index contributed by atoms with van der Waals surface area (Å²) in [6.07, 6.45) is 4.42. The van der Waals surface area contributed by atoms with Crippen LogP contribution < -0.4 is 0 Å². The van der Waals surface area contributed by atoms with Crippen molar-refractivity contribution in [2.75, 3.05) is 0 Å². The molecular weight excluding hydrogens is 218 g/mol. The first-order chi connectivity index (χ1) is 7.72. The molecule has 0 saturated carbocycles. The van der Waals surface area contributed by atoms with E-state index in [-0.39, 0.29) is 0 Å². The second-order valence-electron chi connectivity index (χ2n) is 3.59. The van der Waals surface area contributed by atoms with Gasteiger partial charge in [-0.3, -0.25) is 4.98 Å². The third-order valence-corrected chi connectivity index (χ3v) is 2.86. The number of aryl methyl sites for hydroxylation is 1. The number of hydrogen-bond acceptors (Lipinski definition) is 3. The van der Waals surface area contributed by atoms with Crippen LogP contribution in [0.5, 0.6) is 0 Å². The van der Waals surface area contributed by atoms with E-state index < -0.39 is 0 Å². The summed E-state index contributed by atoms with van der Waals surface area (Å²) in [5.41, 5.74) is 3.16. The zero-order chi connectivity index (χ0) is 11.5. The lowest BCUT2D eigenvalue weighted by Crippen LogP contribution is -1.99. The summed E-state index contributed by atoms with van der Waals surface area (Å²) < 4.78 is 0.678. The Bertz CT molecular complexity index is 546. The van der Waals surface area contributed by atoms with Crippen LogP contribution in [0, 0.1) is 11.6 Å². The molecular formula is C12H13N3S. The minimum atomic E-state index is 0.678. The van der Waals surface area contributed by atoms with Crippen molar-refractivity contribution < 1.29 is 0 Å². The van der Waals surface area contributed by atoms with Crippen LogP contribution >= 0.6 is 12.2 Å². The van der Waals surface area contributed by atoms with Crippen LogP contribution in [0.1, 0.15) is 18.2 Å². The number of aromatic amines is 1. The van der Waals surface area contributed by atoms with Gasteiger partial charge in [-0.2, -0.15) is 0 Å². The van der Waals surface area contributed by atoms with Gasteiger partial charge in [-0.05, 0) is 25.5 Å². The molecule has 0 saturated heterocycles. The van der Waals surface area contributed by atoms with Gasteiger partial charge in [0.25, 0.3) is 0 Å². The van der Waals surface area contributed by atoms with Gasteiger partial charge in [0.05, 0.1) is 0 Å². The number of H-pyrrole nitrogens is 1. The van der Waals surface area contributed by atoms with Gasteiger partial charge >= 0.3 is 0 Å². The molecule has 0 spiro atoms. The molecule has 0 aliphatic rings. The van der Waals surface area contributed by atoms with Crippen molar-refractivity contribution in [2.45, 2.75) is 20.3 Å². The molecule has 0 aliphatic carbocycles. The summed E-state index contributed by atoms with van der Waals surface area (Å²) in [5.74, 6) is 0.785. The van der Waals surface area contributed by atoms with Crippen LogP contribution in [0.15, 0.2) is 24.5 Å². The van der Waals surface area contributed by atoms with Gasteiger partial charge in [-0.15, -0.1) is 0 Å². The molecule has 0 aliphatic heterocycles. The fourth-order valence-electron chi connectivity index (χ4n) is 1.67. The third kappa shape index (κ3) is 2.02. The minimum Gasteiger partial charge on any atom is -0.343 e. The minimum absolute atomic E-state index is 0.678. The Morgan fingerprint density at radius 1 is 1.44 bits per heavy atom. The number of pyridine rings is 1. The molecule has 4 heteroatoms. The van der Waals surface area contributed by atoms with E-state index in [0.717, 1.165) is 29.1 Å². The van der Waals surface area contributed by atoms with Crippen LogP contribution in [0.2, 0.25) is 0 Å². The molecule has 0 radical (unpaired) electrons. The molecule has 0 amide bonds. The molecule has 1 N–H and O–H groups in total. The molecule has 3 nitrogen and oxygen atoms in total. The SMILES string of the molecule is CCc1c(C)[nH]c(-c2cccnc2)nc1=S. The zero-order valence-corrected chi connectivity index (χ0v) is 10.1. The van der Waals surface area contributed by atoms with Gasteiger partial charge in [-0.25, -0.2) is 4.98 Å². The van der Waals surface area contributed by atoms with E-state index in [2.05, 4.69) is 21.9 Å². The number of nitrogens with one attached hydrogen (secondary N) is 1. The van der Waals surface area contributed by atoms with Gasteiger partial charge in [-0.1, -0.05) is 19.1 Å². The van der Waals surface area contributed by atoms with Crippen LogP contribution in [-0.4, -0.2) is 15.0 Å². The first-order valence-corrected chi connectivity index (χ1v) is 5.63. The summed E-state index contributed by atoms with van der Waals surface area (Å²) in [4.78, 5) is 11.7. The van der Waals surface area contributed by atoms with Gasteiger partial charge in [0, 0.05) is 29.2 Å². The summed E-state index contributed by atoms with van der Waals surface area (Å²) in [7, 11) is 0. The normalized spacial score (nSPS) is 10.4. The standard InChI is InChI=1S/C12H13N3S/c1-3-10-8(2)14-11(15-12(10)16)9-5-4-6-13-7-9/h4-7H,3H2,1-2H3,(H,14,15,16). The predicted octanol–water partition coefficient (Wildman–Crippen LogP) is 3.07. The van der Waals surface area contributed by atoms with Crippen molar-refractivity contribution >= 4 is 12.2 Å². The first kappa shape index (κ1) is 11.0. The van der Waals surface area contributed by atoms with E-state index in [1.165, 1.54) is 0 Å². The lowest BCUT2D eigenvalue weighted by atomic mass is 10.2. The van der Waals surface area contributed by atoms with E-state index in [1.54, 1.807) is 12.4 Å². The van der Waals surface area contributed by atoms with E-state index in [4.69, 9.17) is 12.2 Å². The molecule has 16 heavy (non-hydrogen) atoms. The topological polar surface area (TPSA) is 41.6 Å². The maximum absolute atomic E-state index is 5.27. The summed E-state index contributed by atoms with van der Waals surface area (Å²) in [6.45, 7) is 4.10. The fourth-order valence-corrected chi connectivity index (χ4v) is 2.06. The molecule has 2 aromatic heterocycles. The van der Waals surface area contributed by atoms with Crippen molar-refractivity contribution in [2.24, 2.45) is 0 Å². The van der Waals surface area contributed by atoms with E-state index >= 15 is 0 Å². The smallest absolute Gasteiger partial charge is 0.140 e. The first-order valence-electron chi connectivity index (χ1n) is 5.22. The van der Waals surface area contributed by atoms with Gasteiger partial charge < -0.3 is 4.98 Å². The van der Waals surface area contributed by atoms with Gasteiger partial charge in [0.2, 0.25) is 0 Å². The van der Waals surface area contributed by atoms with Crippen molar-refractivity contribution in [1.29, 1.82) is 0 Å². The van der Waals surface area contributed by atoms with Crippen LogP contribution in [-0.2, 0) is 6.42 Å². The molecule has 2 aromatic rings. The second kappa shape index (κ2) is 4.53. The third-order valence-electron chi connectivity index (χ3n) is 2.52. The highest BCUT2D eigenvalue weighted by molar-refractivity contribution is 7.71. The number of hydrogen-bond donors (Lipinski definition) is 1. The highest BCUT2D eigenvalue weighted by Gasteiger charge is 2.05. The lowest BCUT2D eigenvalue weighted by Gasteiger charge is -2.06. The van der Waals surface area contributed by atoms with Crippen LogP contribution in [0.3, 0.4) is 0 Å². The summed E-state index contributed by atoms with van der Waals surface area (Å²) in [5, 5.41) is 0. The van der Waals surface area contributed by atoms with Crippen molar-refractivity contribution in [1.82, 2.24) is 15.0 Å². The molecule has 0 fully saturated rings. The molecule has 0 aromatic carbocycles. The number of aromatic nitrogens is 3. The van der Waals surface area contributed by atoms with Gasteiger partial charge in [0.15, 0.2) is 0 Å². The second-order valence-corrected chi connectivity index (χ2v) is 3.98. The van der Waals surface area contributed by atoms with Crippen LogP contribution in [0.4, 0.5) is 0 Å². The number of nitrogens with zero attached hydrogens (tertiary/aromatic N) is 2. The summed E-state index contributed by atoms with van der Waals surface area (Å²) in [6, 6.07) is 3.85. The summed E-state index contributed by atoms with van der Waals surface area (Å²) >= 11 is 5.27. The largest absolute Gasteiger partial charge is 0.343 e. The number of rotatable bonds is 2. The Hall–Kier alpha value is -1.55. The van der Waals surface area contributed by atoms with Crippen molar-refractivity contribution in [3.05, 3.63) is 40.4 Å². The fraction of sp³-hybridized carbons (Fsp3) is 0.250. The molecule has 2 rings (SSSR count). The van der Waals surface area contributed by atoms with E-state index in [9.17, 15) is 0 Å².